The van der Waals surface area contributed by atoms with Crippen LogP contribution in [0.25, 0.3) is 0 Å². The molecule has 1 N–H and O–H groups in total. The summed E-state index contributed by atoms with van der Waals surface area (Å²) in [7, 11) is -2.60. The number of thiazole rings is 1. The molecule has 0 aliphatic rings. The minimum Gasteiger partial charge on any atom is -0.495 e. The summed E-state index contributed by atoms with van der Waals surface area (Å²) in [5.74, 6) is -0.164. The van der Waals surface area contributed by atoms with E-state index in [4.69, 9.17) is 16.3 Å². The van der Waals surface area contributed by atoms with Crippen molar-refractivity contribution in [2.75, 3.05) is 23.3 Å². The molecule has 0 saturated carbocycles. The first kappa shape index (κ1) is 22.8. The quantitative estimate of drug-likeness (QED) is 0.473. The molecule has 162 valence electrons. The molecular weight excluding hydrogens is 458 g/mol. The first-order valence-electron chi connectivity index (χ1n) is 9.07. The van der Waals surface area contributed by atoms with Gasteiger partial charge in [0.05, 0.1) is 40.5 Å². The summed E-state index contributed by atoms with van der Waals surface area (Å²) in [4.78, 5) is 16.8. The largest absolute Gasteiger partial charge is 0.495 e. The molecule has 2 aromatic carbocycles. The van der Waals surface area contributed by atoms with Crippen LogP contribution in [0.5, 0.6) is 5.75 Å². The molecule has 1 amide bonds. The number of hydrogen-bond donors (Lipinski definition) is 1. The summed E-state index contributed by atoms with van der Waals surface area (Å²) in [6.45, 7) is 5.47. The predicted octanol–water partition coefficient (Wildman–Crippen LogP) is 4.75. The normalized spacial score (nSPS) is 11.1. The molecule has 3 aromatic rings. The highest BCUT2D eigenvalue weighted by atomic mass is 35.5. The Kier molecular flexibility index (Phi) is 6.99. The number of carbonyl (C=O) groups excluding carboxylic acids is 1. The molecule has 0 aliphatic heterocycles. The number of aryl methyl sites for hydroxylation is 1. The third kappa shape index (κ3) is 4.90. The van der Waals surface area contributed by atoms with Crippen LogP contribution in [0.2, 0.25) is 5.02 Å². The summed E-state index contributed by atoms with van der Waals surface area (Å²) in [5, 5.41) is 4.95. The number of methoxy groups -OCH3 is 1. The van der Waals surface area contributed by atoms with E-state index in [0.717, 1.165) is 10.00 Å². The maximum atomic E-state index is 13.5. The number of sulfonamides is 1. The van der Waals surface area contributed by atoms with Crippen molar-refractivity contribution in [3.8, 4) is 5.75 Å². The second-order valence-corrected chi connectivity index (χ2v) is 9.51. The molecule has 0 aliphatic carbocycles. The summed E-state index contributed by atoms with van der Waals surface area (Å²) < 4.78 is 33.4. The van der Waals surface area contributed by atoms with Crippen LogP contribution in [0.15, 0.2) is 65.4 Å². The lowest BCUT2D eigenvalue weighted by Crippen LogP contribution is -2.31. The van der Waals surface area contributed by atoms with Crippen molar-refractivity contribution in [1.29, 1.82) is 0 Å². The van der Waals surface area contributed by atoms with E-state index < -0.39 is 15.9 Å². The summed E-state index contributed by atoms with van der Waals surface area (Å²) in [6, 6.07) is 10.7. The fourth-order valence-corrected chi connectivity index (χ4v) is 5.18. The number of carbonyl (C=O) groups is 1. The summed E-state index contributed by atoms with van der Waals surface area (Å²) >= 11 is 7.46. The number of nitrogens with one attached hydrogen (secondary N) is 1. The van der Waals surface area contributed by atoms with Crippen molar-refractivity contribution in [2.24, 2.45) is 0 Å². The van der Waals surface area contributed by atoms with E-state index in [2.05, 4.69) is 16.9 Å². The van der Waals surface area contributed by atoms with Gasteiger partial charge in [-0.2, -0.15) is 0 Å². The van der Waals surface area contributed by atoms with Crippen molar-refractivity contribution in [1.82, 2.24) is 4.98 Å². The van der Waals surface area contributed by atoms with Crippen molar-refractivity contribution in [3.05, 3.63) is 76.8 Å². The van der Waals surface area contributed by atoms with Crippen LogP contribution >= 0.6 is 22.9 Å². The maximum absolute atomic E-state index is 13.5. The number of benzene rings is 2. The molecule has 0 fully saturated rings. The molecular formula is C21H20ClN3O4S2. The monoisotopic (exact) mass is 477 g/mol. The van der Waals surface area contributed by atoms with E-state index in [-0.39, 0.29) is 22.0 Å². The smallest absolute Gasteiger partial charge is 0.264 e. The van der Waals surface area contributed by atoms with E-state index in [0.29, 0.717) is 16.6 Å². The number of amides is 1. The van der Waals surface area contributed by atoms with Crippen molar-refractivity contribution >= 4 is 49.7 Å². The van der Waals surface area contributed by atoms with E-state index >= 15 is 0 Å². The Morgan fingerprint density at radius 3 is 2.71 bits per heavy atom. The lowest BCUT2D eigenvalue weighted by molar-refractivity contribution is 0.102. The van der Waals surface area contributed by atoms with Crippen molar-refractivity contribution in [3.63, 3.8) is 0 Å². The second kappa shape index (κ2) is 9.51. The maximum Gasteiger partial charge on any atom is 0.264 e. The minimum atomic E-state index is -4.06. The van der Waals surface area contributed by atoms with Gasteiger partial charge in [-0.3, -0.25) is 14.4 Å². The molecule has 7 nitrogen and oxygen atoms in total. The molecule has 0 unspecified atom stereocenters. The number of rotatable bonds is 8. The molecule has 3 rings (SSSR count). The van der Waals surface area contributed by atoms with Gasteiger partial charge in [-0.05, 0) is 37.3 Å². The van der Waals surface area contributed by atoms with Crippen LogP contribution in [0.3, 0.4) is 0 Å². The van der Waals surface area contributed by atoms with E-state index in [1.165, 1.54) is 42.7 Å². The van der Waals surface area contributed by atoms with Gasteiger partial charge in [0.1, 0.15) is 5.75 Å². The molecule has 1 aromatic heterocycles. The number of anilines is 2. The minimum absolute atomic E-state index is 0.00521. The number of aromatic nitrogens is 1. The van der Waals surface area contributed by atoms with Crippen LogP contribution in [0.1, 0.15) is 16.1 Å². The van der Waals surface area contributed by atoms with Crippen LogP contribution in [-0.4, -0.2) is 33.0 Å². The third-order valence-electron chi connectivity index (χ3n) is 4.26. The fourth-order valence-electron chi connectivity index (χ4n) is 2.82. The molecule has 0 radical (unpaired) electrons. The highest BCUT2D eigenvalue weighted by Gasteiger charge is 2.28. The van der Waals surface area contributed by atoms with E-state index in [9.17, 15) is 13.2 Å². The molecule has 0 saturated heterocycles. The van der Waals surface area contributed by atoms with Gasteiger partial charge in [0.25, 0.3) is 15.9 Å². The van der Waals surface area contributed by atoms with Gasteiger partial charge in [-0.15, -0.1) is 17.9 Å². The van der Waals surface area contributed by atoms with Gasteiger partial charge >= 0.3 is 0 Å². The Hall–Kier alpha value is -2.88. The lowest BCUT2D eigenvalue weighted by atomic mass is 10.2. The topological polar surface area (TPSA) is 88.6 Å². The molecule has 0 bridgehead atoms. The van der Waals surface area contributed by atoms with Gasteiger partial charge < -0.3 is 4.74 Å². The first-order chi connectivity index (χ1) is 14.8. The average molecular weight is 478 g/mol. The standard InChI is InChI=1S/C21H20ClN3O4S2/c1-4-11-25(18-7-5-6-8-19(18)29-3)31(27,28)15-9-10-17(22)16(12-15)20(26)24-21-23-14(2)13-30-21/h4-10,12-13H,1,11H2,2-3H3,(H,23,24,26). The Labute approximate surface area is 190 Å². The molecule has 0 spiro atoms. The Bertz CT molecular complexity index is 1220. The number of nitrogens with zero attached hydrogens (tertiary/aromatic N) is 2. The van der Waals surface area contributed by atoms with Crippen LogP contribution in [-0.2, 0) is 10.0 Å². The Morgan fingerprint density at radius 1 is 1.32 bits per heavy atom. The van der Waals surface area contributed by atoms with Crippen LogP contribution < -0.4 is 14.4 Å². The number of ether oxygens (including phenoxy) is 1. The highest BCUT2D eigenvalue weighted by molar-refractivity contribution is 7.92. The zero-order valence-electron chi connectivity index (χ0n) is 16.8. The van der Waals surface area contributed by atoms with E-state index in [1.54, 1.807) is 36.6 Å². The zero-order chi connectivity index (χ0) is 22.6. The van der Waals surface area contributed by atoms with E-state index in [1.807, 2.05) is 0 Å². The van der Waals surface area contributed by atoms with Crippen molar-refractivity contribution < 1.29 is 17.9 Å². The molecule has 1 heterocycles. The number of para-hydroxylation sites is 2. The molecule has 10 heteroatoms. The number of hydrogen-bond acceptors (Lipinski definition) is 6. The van der Waals surface area contributed by atoms with Gasteiger partial charge in [-0.25, -0.2) is 13.4 Å². The van der Waals surface area contributed by atoms with Crippen molar-refractivity contribution in [2.45, 2.75) is 11.8 Å². The van der Waals surface area contributed by atoms with Crippen LogP contribution in [0.4, 0.5) is 10.8 Å². The zero-order valence-corrected chi connectivity index (χ0v) is 19.2. The molecule has 31 heavy (non-hydrogen) atoms. The second-order valence-electron chi connectivity index (χ2n) is 6.39. The van der Waals surface area contributed by atoms with Crippen LogP contribution in [0, 0.1) is 6.92 Å². The Balaban J connectivity index is 2.02. The average Bonchev–Trinajstić information content (AvgIpc) is 3.16. The predicted molar refractivity (Wildman–Crippen MR) is 124 cm³/mol. The highest BCUT2D eigenvalue weighted by Crippen LogP contribution is 2.33. The van der Waals surface area contributed by atoms with Gasteiger partial charge in [0.15, 0.2) is 5.13 Å². The molecule has 0 atom stereocenters. The SMILES string of the molecule is C=CCN(c1ccccc1OC)S(=O)(=O)c1ccc(Cl)c(C(=O)Nc2nc(C)cs2)c1. The Morgan fingerprint density at radius 2 is 2.06 bits per heavy atom. The fraction of sp³-hybridized carbons (Fsp3) is 0.143. The van der Waals surface area contributed by atoms with Gasteiger partial charge in [-0.1, -0.05) is 29.8 Å². The lowest BCUT2D eigenvalue weighted by Gasteiger charge is -2.25. The van der Waals surface area contributed by atoms with Gasteiger partial charge in [0, 0.05) is 5.38 Å². The number of halogens is 1. The summed E-state index contributed by atoms with van der Waals surface area (Å²) in [5.41, 5.74) is 1.14. The van der Waals surface area contributed by atoms with Gasteiger partial charge in [0.2, 0.25) is 0 Å². The first-order valence-corrected chi connectivity index (χ1v) is 11.8. The third-order valence-corrected chi connectivity index (χ3v) is 7.24. The summed E-state index contributed by atoms with van der Waals surface area (Å²) in [6.07, 6.45) is 1.47.